The summed E-state index contributed by atoms with van der Waals surface area (Å²) in [6.07, 6.45) is 1.68. The molecule has 1 saturated heterocycles. The number of anilines is 1. The van der Waals surface area contributed by atoms with E-state index in [9.17, 15) is 14.4 Å². The van der Waals surface area contributed by atoms with Crippen LogP contribution >= 0.6 is 0 Å². The van der Waals surface area contributed by atoms with Crippen LogP contribution in [0.15, 0.2) is 66.7 Å². The highest BCUT2D eigenvalue weighted by atomic mass is 16.5. The first kappa shape index (κ1) is 22.6. The summed E-state index contributed by atoms with van der Waals surface area (Å²) in [6.45, 7) is 0.931. The van der Waals surface area contributed by atoms with Crippen LogP contribution in [0.2, 0.25) is 0 Å². The fraction of sp³-hybridized carbons (Fsp3) is 0.222. The van der Waals surface area contributed by atoms with Gasteiger partial charge in [-0.15, -0.1) is 0 Å². The topological polar surface area (TPSA) is 94.2 Å². The number of carbonyl (C=O) groups is 3. The van der Waals surface area contributed by atoms with Gasteiger partial charge in [-0.2, -0.15) is 0 Å². The number of amides is 3. The lowest BCUT2D eigenvalue weighted by Gasteiger charge is -2.17. The molecule has 1 fully saturated rings. The van der Waals surface area contributed by atoms with Crippen LogP contribution in [0, 0.1) is 0 Å². The number of benzene rings is 3. The van der Waals surface area contributed by atoms with Crippen molar-refractivity contribution in [2.24, 2.45) is 0 Å². The maximum Gasteiger partial charge on any atom is 0.261 e. The summed E-state index contributed by atoms with van der Waals surface area (Å²) >= 11 is 0. The van der Waals surface area contributed by atoms with Crippen molar-refractivity contribution < 1.29 is 28.6 Å². The number of methoxy groups -OCH3 is 1. The van der Waals surface area contributed by atoms with Crippen LogP contribution in [0.1, 0.15) is 43.9 Å². The van der Waals surface area contributed by atoms with E-state index in [-0.39, 0.29) is 30.4 Å². The molecule has 35 heavy (non-hydrogen) atoms. The molecule has 0 spiro atoms. The lowest BCUT2D eigenvalue weighted by molar-refractivity contribution is 0.0475. The Bertz CT molecular complexity index is 1280. The zero-order chi connectivity index (χ0) is 24.4. The van der Waals surface area contributed by atoms with Crippen LogP contribution in [0.5, 0.6) is 17.2 Å². The largest absolute Gasteiger partial charge is 0.497 e. The van der Waals surface area contributed by atoms with Crippen molar-refractivity contribution in [3.63, 3.8) is 0 Å². The number of ether oxygens (including phenoxy) is 3. The van der Waals surface area contributed by atoms with Crippen molar-refractivity contribution >= 4 is 23.4 Å². The van der Waals surface area contributed by atoms with Crippen LogP contribution < -0.4 is 14.8 Å². The summed E-state index contributed by atoms with van der Waals surface area (Å²) < 4.78 is 16.6. The second-order valence-corrected chi connectivity index (χ2v) is 8.38. The lowest BCUT2D eigenvalue weighted by Crippen LogP contribution is -2.36. The van der Waals surface area contributed by atoms with Gasteiger partial charge in [0.1, 0.15) is 17.2 Å². The summed E-state index contributed by atoms with van der Waals surface area (Å²) in [4.78, 5) is 39.3. The summed E-state index contributed by atoms with van der Waals surface area (Å²) in [7, 11) is 1.55. The van der Waals surface area contributed by atoms with E-state index >= 15 is 0 Å². The number of hydrogen-bond donors (Lipinski definition) is 1. The van der Waals surface area contributed by atoms with Crippen molar-refractivity contribution in [1.29, 1.82) is 0 Å². The summed E-state index contributed by atoms with van der Waals surface area (Å²) in [5.41, 5.74) is 1.78. The fourth-order valence-corrected chi connectivity index (χ4v) is 4.20. The van der Waals surface area contributed by atoms with Crippen LogP contribution in [0.3, 0.4) is 0 Å². The van der Waals surface area contributed by atoms with E-state index in [0.29, 0.717) is 46.2 Å². The molecule has 0 aromatic heterocycles. The van der Waals surface area contributed by atoms with Gasteiger partial charge in [-0.25, -0.2) is 0 Å². The minimum Gasteiger partial charge on any atom is -0.497 e. The SMILES string of the molecule is COc1cccc(C(=O)Nc2ccc(Oc3ccc4c(c3)C(=O)N(C[C@@H]3CCCO3)C4=O)cc2)c1. The van der Waals surface area contributed by atoms with Gasteiger partial charge in [-0.1, -0.05) is 6.07 Å². The van der Waals surface area contributed by atoms with Crippen LogP contribution in [0.25, 0.3) is 0 Å². The molecule has 1 atom stereocenters. The van der Waals surface area contributed by atoms with E-state index in [0.717, 1.165) is 12.8 Å². The molecule has 2 aliphatic rings. The highest BCUT2D eigenvalue weighted by Crippen LogP contribution is 2.31. The molecular weight excluding hydrogens is 448 g/mol. The predicted molar refractivity (Wildman–Crippen MR) is 128 cm³/mol. The maximum atomic E-state index is 12.9. The number of nitrogens with zero attached hydrogens (tertiary/aromatic N) is 1. The van der Waals surface area contributed by atoms with E-state index in [4.69, 9.17) is 14.2 Å². The summed E-state index contributed by atoms with van der Waals surface area (Å²) in [6, 6.07) is 18.6. The van der Waals surface area contributed by atoms with Crippen molar-refractivity contribution in [3.8, 4) is 17.2 Å². The molecule has 0 bridgehead atoms. The molecule has 3 amide bonds. The Morgan fingerprint density at radius 2 is 1.74 bits per heavy atom. The number of hydrogen-bond acceptors (Lipinski definition) is 6. The minimum absolute atomic E-state index is 0.101. The molecule has 1 N–H and O–H groups in total. The van der Waals surface area contributed by atoms with E-state index in [1.54, 1.807) is 73.8 Å². The monoisotopic (exact) mass is 472 g/mol. The van der Waals surface area contributed by atoms with Gasteiger partial charge in [-0.3, -0.25) is 19.3 Å². The average molecular weight is 472 g/mol. The predicted octanol–water partition coefficient (Wildman–Crippen LogP) is 4.51. The van der Waals surface area contributed by atoms with Gasteiger partial charge < -0.3 is 19.5 Å². The number of fused-ring (bicyclic) bond motifs is 1. The Morgan fingerprint density at radius 3 is 2.49 bits per heavy atom. The van der Waals surface area contributed by atoms with Gasteiger partial charge >= 0.3 is 0 Å². The van der Waals surface area contributed by atoms with Gasteiger partial charge in [0.15, 0.2) is 0 Å². The Kier molecular flexibility index (Phi) is 6.20. The Labute approximate surface area is 202 Å². The number of carbonyl (C=O) groups excluding carboxylic acids is 3. The molecule has 2 heterocycles. The molecule has 0 unspecified atom stereocenters. The molecule has 8 nitrogen and oxygen atoms in total. The molecular formula is C27H24N2O6. The third-order valence-corrected chi connectivity index (χ3v) is 6.03. The molecule has 3 aromatic rings. The summed E-state index contributed by atoms with van der Waals surface area (Å²) in [5, 5.41) is 2.83. The average Bonchev–Trinajstić information content (AvgIpc) is 3.48. The number of nitrogens with one attached hydrogen (secondary N) is 1. The van der Waals surface area contributed by atoms with Crippen molar-refractivity contribution in [1.82, 2.24) is 4.90 Å². The second-order valence-electron chi connectivity index (χ2n) is 8.38. The lowest BCUT2D eigenvalue weighted by atomic mass is 10.1. The number of imide groups is 1. The summed E-state index contributed by atoms with van der Waals surface area (Å²) in [5.74, 6) is 0.678. The normalized spacial score (nSPS) is 16.8. The first-order valence-corrected chi connectivity index (χ1v) is 11.4. The Hall–Kier alpha value is -4.17. The first-order chi connectivity index (χ1) is 17.0. The van der Waals surface area contributed by atoms with Gasteiger partial charge in [-0.05, 0) is 73.5 Å². The Morgan fingerprint density at radius 1 is 0.971 bits per heavy atom. The van der Waals surface area contributed by atoms with Gasteiger partial charge in [0.2, 0.25) is 0 Å². The van der Waals surface area contributed by atoms with Crippen LogP contribution in [0.4, 0.5) is 5.69 Å². The van der Waals surface area contributed by atoms with E-state index in [1.807, 2.05) is 0 Å². The van der Waals surface area contributed by atoms with Crippen molar-refractivity contribution in [2.45, 2.75) is 18.9 Å². The van der Waals surface area contributed by atoms with Crippen LogP contribution in [-0.2, 0) is 4.74 Å². The standard InChI is InChI=1S/C27H24N2O6/c1-33-20-5-2-4-17(14-20)25(30)28-18-7-9-19(10-8-18)35-21-11-12-23-24(15-21)27(32)29(26(23)31)16-22-6-3-13-34-22/h2,4-5,7-12,14-15,22H,3,6,13,16H2,1H3,(H,28,30)/t22-/m0/s1. The highest BCUT2D eigenvalue weighted by Gasteiger charge is 2.37. The first-order valence-electron chi connectivity index (χ1n) is 11.4. The fourth-order valence-electron chi connectivity index (χ4n) is 4.20. The highest BCUT2D eigenvalue weighted by molar-refractivity contribution is 6.21. The molecule has 8 heteroatoms. The van der Waals surface area contributed by atoms with Crippen LogP contribution in [-0.4, -0.2) is 49.0 Å². The van der Waals surface area contributed by atoms with E-state index in [2.05, 4.69) is 5.32 Å². The molecule has 2 aliphatic heterocycles. The zero-order valence-corrected chi connectivity index (χ0v) is 19.2. The molecule has 0 saturated carbocycles. The maximum absolute atomic E-state index is 12.9. The minimum atomic E-state index is -0.332. The molecule has 5 rings (SSSR count). The van der Waals surface area contributed by atoms with Gasteiger partial charge in [0.05, 0.1) is 30.9 Å². The molecule has 3 aromatic carbocycles. The molecule has 178 valence electrons. The smallest absolute Gasteiger partial charge is 0.261 e. The Balaban J connectivity index is 1.24. The zero-order valence-electron chi connectivity index (χ0n) is 19.2. The molecule has 0 aliphatic carbocycles. The third-order valence-electron chi connectivity index (χ3n) is 6.03. The second kappa shape index (κ2) is 9.60. The number of rotatable bonds is 7. The van der Waals surface area contributed by atoms with Gasteiger partial charge in [0, 0.05) is 17.9 Å². The third kappa shape index (κ3) is 4.74. The van der Waals surface area contributed by atoms with E-state index < -0.39 is 0 Å². The van der Waals surface area contributed by atoms with Gasteiger partial charge in [0.25, 0.3) is 17.7 Å². The van der Waals surface area contributed by atoms with E-state index in [1.165, 1.54) is 4.90 Å². The molecule has 0 radical (unpaired) electrons. The quantitative estimate of drug-likeness (QED) is 0.509. The van der Waals surface area contributed by atoms with Crippen molar-refractivity contribution in [3.05, 3.63) is 83.4 Å². The van der Waals surface area contributed by atoms with Crippen molar-refractivity contribution in [2.75, 3.05) is 25.6 Å².